The molecule has 1 rings (SSSR count). The van der Waals surface area contributed by atoms with E-state index in [-0.39, 0.29) is 16.5 Å². The number of carbonyl (C=O) groups excluding carboxylic acids is 4. The number of hydrogen-bond acceptors (Lipinski definition) is 6. The fourth-order valence-electron chi connectivity index (χ4n) is 2.18. The Hall–Kier alpha value is -2.32. The van der Waals surface area contributed by atoms with Gasteiger partial charge in [0.05, 0.1) is 17.7 Å². The van der Waals surface area contributed by atoms with E-state index in [9.17, 15) is 19.2 Å². The van der Waals surface area contributed by atoms with Gasteiger partial charge in [0.1, 0.15) is 12.6 Å². The molecule has 0 saturated heterocycles. The Morgan fingerprint density at radius 3 is 2.39 bits per heavy atom. The highest BCUT2D eigenvalue weighted by Gasteiger charge is 2.23. The molecule has 0 spiro atoms. The van der Waals surface area contributed by atoms with Crippen LogP contribution in [-0.4, -0.2) is 50.1 Å². The number of rotatable bonds is 9. The number of ether oxygens (including phenoxy) is 2. The first-order chi connectivity index (χ1) is 13.1. The first-order valence-electron chi connectivity index (χ1n) is 8.40. The zero-order valence-corrected chi connectivity index (χ0v) is 17.2. The van der Waals surface area contributed by atoms with Gasteiger partial charge in [-0.3, -0.25) is 14.4 Å². The minimum atomic E-state index is -0.831. The van der Waals surface area contributed by atoms with E-state index < -0.39 is 42.9 Å². The summed E-state index contributed by atoms with van der Waals surface area (Å²) in [6.45, 7) is 2.72. The first kappa shape index (κ1) is 23.7. The second-order valence-electron chi connectivity index (χ2n) is 6.24. The molecule has 10 heteroatoms. The summed E-state index contributed by atoms with van der Waals surface area (Å²) >= 11 is 11.7. The SMILES string of the molecule is COC(=O)C(CC(C)C)NC(=O)COC(=O)CNC(=O)c1ccc(Cl)cc1Cl. The minimum absolute atomic E-state index is 0.136. The normalized spacial score (nSPS) is 11.5. The number of hydrogen-bond donors (Lipinski definition) is 2. The highest BCUT2D eigenvalue weighted by atomic mass is 35.5. The second kappa shape index (κ2) is 11.5. The average molecular weight is 433 g/mol. The van der Waals surface area contributed by atoms with Crippen molar-refractivity contribution in [2.24, 2.45) is 5.92 Å². The summed E-state index contributed by atoms with van der Waals surface area (Å²) in [5.41, 5.74) is 0.145. The van der Waals surface area contributed by atoms with Crippen LogP contribution in [0.2, 0.25) is 10.0 Å². The minimum Gasteiger partial charge on any atom is -0.467 e. The molecule has 0 aliphatic carbocycles. The quantitative estimate of drug-likeness (QED) is 0.577. The molecule has 2 N–H and O–H groups in total. The van der Waals surface area contributed by atoms with Gasteiger partial charge in [-0.1, -0.05) is 37.0 Å². The predicted octanol–water partition coefficient (Wildman–Crippen LogP) is 1.97. The standard InChI is InChI=1S/C18H22Cl2N2O6/c1-10(2)6-14(18(26)27-3)22-15(23)9-28-16(24)8-21-17(25)12-5-4-11(19)7-13(12)20/h4-5,7,10,14H,6,8-9H2,1-3H3,(H,21,25)(H,22,23). The summed E-state index contributed by atoms with van der Waals surface area (Å²) in [6, 6.07) is 3.47. The fourth-order valence-corrected chi connectivity index (χ4v) is 2.68. The zero-order chi connectivity index (χ0) is 21.3. The summed E-state index contributed by atoms with van der Waals surface area (Å²) in [5, 5.41) is 5.29. The third-order valence-electron chi connectivity index (χ3n) is 3.46. The Labute approximate surface area is 172 Å². The van der Waals surface area contributed by atoms with Gasteiger partial charge in [-0.05, 0) is 30.5 Å². The maximum atomic E-state index is 12.0. The highest BCUT2D eigenvalue weighted by Crippen LogP contribution is 2.20. The van der Waals surface area contributed by atoms with E-state index in [0.29, 0.717) is 11.4 Å². The van der Waals surface area contributed by atoms with Gasteiger partial charge < -0.3 is 20.1 Å². The molecule has 0 bridgehead atoms. The monoisotopic (exact) mass is 432 g/mol. The van der Waals surface area contributed by atoms with E-state index >= 15 is 0 Å². The third kappa shape index (κ3) is 8.14. The number of benzene rings is 1. The molecule has 1 aromatic carbocycles. The fraction of sp³-hybridized carbons (Fsp3) is 0.444. The van der Waals surface area contributed by atoms with Crippen LogP contribution in [0.4, 0.5) is 0 Å². The molecule has 1 unspecified atom stereocenters. The van der Waals surface area contributed by atoms with Crippen LogP contribution >= 0.6 is 23.2 Å². The van der Waals surface area contributed by atoms with Crippen molar-refractivity contribution < 1.29 is 28.7 Å². The van der Waals surface area contributed by atoms with Crippen LogP contribution < -0.4 is 10.6 Å². The van der Waals surface area contributed by atoms with E-state index in [1.807, 2.05) is 13.8 Å². The molecule has 1 aromatic rings. The zero-order valence-electron chi connectivity index (χ0n) is 15.7. The first-order valence-corrected chi connectivity index (χ1v) is 9.15. The van der Waals surface area contributed by atoms with E-state index in [0.717, 1.165) is 0 Å². The molecular formula is C18H22Cl2N2O6. The van der Waals surface area contributed by atoms with Gasteiger partial charge in [0.2, 0.25) is 0 Å². The number of carbonyl (C=O) groups is 4. The Morgan fingerprint density at radius 1 is 1.14 bits per heavy atom. The predicted molar refractivity (Wildman–Crippen MR) is 103 cm³/mol. The molecule has 0 aromatic heterocycles. The van der Waals surface area contributed by atoms with Gasteiger partial charge >= 0.3 is 11.9 Å². The number of esters is 2. The van der Waals surface area contributed by atoms with E-state index in [4.69, 9.17) is 27.9 Å². The molecule has 2 amide bonds. The van der Waals surface area contributed by atoms with Crippen molar-refractivity contribution in [3.8, 4) is 0 Å². The van der Waals surface area contributed by atoms with Gasteiger partial charge in [-0.15, -0.1) is 0 Å². The Morgan fingerprint density at radius 2 is 1.82 bits per heavy atom. The summed E-state index contributed by atoms with van der Waals surface area (Å²) in [7, 11) is 1.22. The van der Waals surface area contributed by atoms with Crippen molar-refractivity contribution >= 4 is 47.0 Å². The van der Waals surface area contributed by atoms with Crippen LogP contribution in [0.15, 0.2) is 18.2 Å². The molecule has 0 heterocycles. The largest absolute Gasteiger partial charge is 0.467 e. The Balaban J connectivity index is 2.45. The molecular weight excluding hydrogens is 411 g/mol. The summed E-state index contributed by atoms with van der Waals surface area (Å²) in [4.78, 5) is 47.3. The van der Waals surface area contributed by atoms with Crippen molar-refractivity contribution in [1.82, 2.24) is 10.6 Å². The van der Waals surface area contributed by atoms with Gasteiger partial charge in [-0.25, -0.2) is 4.79 Å². The molecule has 0 saturated carbocycles. The molecule has 0 aliphatic rings. The Bertz CT molecular complexity index is 739. The lowest BCUT2D eigenvalue weighted by Crippen LogP contribution is -2.44. The van der Waals surface area contributed by atoms with Gasteiger partial charge in [0.15, 0.2) is 6.61 Å². The van der Waals surface area contributed by atoms with Crippen LogP contribution in [0.3, 0.4) is 0 Å². The number of amides is 2. The molecule has 154 valence electrons. The van der Waals surface area contributed by atoms with Crippen molar-refractivity contribution in [3.63, 3.8) is 0 Å². The van der Waals surface area contributed by atoms with E-state index in [1.165, 1.54) is 25.3 Å². The van der Waals surface area contributed by atoms with Crippen molar-refractivity contribution in [2.75, 3.05) is 20.3 Å². The van der Waals surface area contributed by atoms with Crippen molar-refractivity contribution in [1.29, 1.82) is 0 Å². The van der Waals surface area contributed by atoms with E-state index in [2.05, 4.69) is 15.4 Å². The van der Waals surface area contributed by atoms with Crippen molar-refractivity contribution in [2.45, 2.75) is 26.3 Å². The van der Waals surface area contributed by atoms with Crippen LogP contribution in [0.5, 0.6) is 0 Å². The Kier molecular flexibility index (Phi) is 9.75. The molecule has 8 nitrogen and oxygen atoms in total. The maximum absolute atomic E-state index is 12.0. The number of nitrogens with one attached hydrogen (secondary N) is 2. The van der Waals surface area contributed by atoms with Crippen LogP contribution in [0.25, 0.3) is 0 Å². The second-order valence-corrected chi connectivity index (χ2v) is 7.08. The van der Waals surface area contributed by atoms with Gasteiger partial charge in [-0.2, -0.15) is 0 Å². The summed E-state index contributed by atoms with van der Waals surface area (Å²) < 4.78 is 9.42. The van der Waals surface area contributed by atoms with Crippen LogP contribution in [-0.2, 0) is 23.9 Å². The van der Waals surface area contributed by atoms with Crippen molar-refractivity contribution in [3.05, 3.63) is 33.8 Å². The van der Waals surface area contributed by atoms with Crippen LogP contribution in [0.1, 0.15) is 30.6 Å². The number of methoxy groups -OCH3 is 1. The summed E-state index contributed by atoms with van der Waals surface area (Å²) in [6.07, 6.45) is 0.379. The summed E-state index contributed by atoms with van der Waals surface area (Å²) in [5.74, 6) is -2.52. The van der Waals surface area contributed by atoms with Gasteiger partial charge in [0, 0.05) is 5.02 Å². The third-order valence-corrected chi connectivity index (χ3v) is 4.01. The molecule has 0 radical (unpaired) electrons. The molecule has 0 fully saturated rings. The average Bonchev–Trinajstić information content (AvgIpc) is 2.62. The molecule has 0 aliphatic heterocycles. The van der Waals surface area contributed by atoms with Gasteiger partial charge in [0.25, 0.3) is 11.8 Å². The highest BCUT2D eigenvalue weighted by molar-refractivity contribution is 6.36. The smallest absolute Gasteiger partial charge is 0.328 e. The lowest BCUT2D eigenvalue weighted by Gasteiger charge is -2.18. The lowest BCUT2D eigenvalue weighted by molar-refractivity contribution is -0.149. The van der Waals surface area contributed by atoms with E-state index in [1.54, 1.807) is 0 Å². The number of halogens is 2. The molecule has 28 heavy (non-hydrogen) atoms. The lowest BCUT2D eigenvalue weighted by atomic mass is 10.0. The van der Waals surface area contributed by atoms with Crippen LogP contribution in [0, 0.1) is 5.92 Å². The molecule has 1 atom stereocenters. The topological polar surface area (TPSA) is 111 Å². The maximum Gasteiger partial charge on any atom is 0.328 e.